The number of thioether (sulfide) groups is 1. The minimum atomic E-state index is 0.581. The lowest BCUT2D eigenvalue weighted by molar-refractivity contribution is 0.0455. The van der Waals surface area contributed by atoms with E-state index in [4.69, 9.17) is 16.3 Å². The van der Waals surface area contributed by atoms with Crippen molar-refractivity contribution < 1.29 is 4.74 Å². The van der Waals surface area contributed by atoms with Crippen molar-refractivity contribution in [1.82, 2.24) is 5.32 Å². The van der Waals surface area contributed by atoms with Crippen LogP contribution in [0.3, 0.4) is 0 Å². The zero-order valence-electron chi connectivity index (χ0n) is 9.33. The molecular formula is C12H16ClNOS. The molecule has 1 saturated heterocycles. The maximum absolute atomic E-state index is 6.24. The summed E-state index contributed by atoms with van der Waals surface area (Å²) in [7, 11) is 0. The van der Waals surface area contributed by atoms with Crippen LogP contribution in [0.15, 0.2) is 23.1 Å². The molecule has 0 radical (unpaired) electrons. The quantitative estimate of drug-likeness (QED) is 0.876. The van der Waals surface area contributed by atoms with E-state index in [0.29, 0.717) is 5.25 Å². The molecule has 2 rings (SSSR count). The minimum Gasteiger partial charge on any atom is -0.379 e. The number of rotatable bonds is 5. The topological polar surface area (TPSA) is 21.3 Å². The van der Waals surface area contributed by atoms with E-state index >= 15 is 0 Å². The standard InChI is InChI=1S/C12H16ClNOS/c1-2-14-6-9-3-4-12(11(13)5-9)16-10-7-15-8-10/h3-5,10,14H,2,6-8H2,1H3. The first kappa shape index (κ1) is 12.2. The predicted octanol–water partition coefficient (Wildman–Crippen LogP) is 2.94. The van der Waals surface area contributed by atoms with Crippen molar-refractivity contribution in [3.8, 4) is 0 Å². The summed E-state index contributed by atoms with van der Waals surface area (Å²) in [5.74, 6) is 0. The van der Waals surface area contributed by atoms with E-state index in [2.05, 4.69) is 24.4 Å². The molecule has 0 bridgehead atoms. The van der Waals surface area contributed by atoms with E-state index in [-0.39, 0.29) is 0 Å². The molecule has 1 aromatic carbocycles. The minimum absolute atomic E-state index is 0.581. The fourth-order valence-corrected chi connectivity index (χ4v) is 2.82. The Morgan fingerprint density at radius 2 is 2.31 bits per heavy atom. The van der Waals surface area contributed by atoms with Crippen molar-refractivity contribution in [3.63, 3.8) is 0 Å². The molecule has 1 fully saturated rings. The van der Waals surface area contributed by atoms with Gasteiger partial charge in [0.1, 0.15) is 0 Å². The van der Waals surface area contributed by atoms with Gasteiger partial charge in [0.25, 0.3) is 0 Å². The third-order valence-corrected chi connectivity index (χ3v) is 4.12. The molecule has 0 saturated carbocycles. The van der Waals surface area contributed by atoms with Crippen LogP contribution in [-0.4, -0.2) is 25.0 Å². The highest BCUT2D eigenvalue weighted by atomic mass is 35.5. The van der Waals surface area contributed by atoms with Crippen LogP contribution in [0.5, 0.6) is 0 Å². The summed E-state index contributed by atoms with van der Waals surface area (Å²) in [5.41, 5.74) is 1.24. The Bertz CT molecular complexity index is 355. The number of hydrogen-bond acceptors (Lipinski definition) is 3. The van der Waals surface area contributed by atoms with Crippen molar-refractivity contribution in [3.05, 3.63) is 28.8 Å². The summed E-state index contributed by atoms with van der Waals surface area (Å²) >= 11 is 8.06. The van der Waals surface area contributed by atoms with Gasteiger partial charge in [-0.25, -0.2) is 0 Å². The first-order valence-electron chi connectivity index (χ1n) is 5.53. The van der Waals surface area contributed by atoms with Gasteiger partial charge in [-0.15, -0.1) is 11.8 Å². The Balaban J connectivity index is 1.97. The molecule has 1 aliphatic rings. The van der Waals surface area contributed by atoms with E-state index < -0.39 is 0 Å². The highest BCUT2D eigenvalue weighted by Crippen LogP contribution is 2.33. The highest BCUT2D eigenvalue weighted by Gasteiger charge is 2.20. The summed E-state index contributed by atoms with van der Waals surface area (Å²) in [4.78, 5) is 1.16. The van der Waals surface area contributed by atoms with Crippen LogP contribution in [0.1, 0.15) is 12.5 Å². The first-order chi connectivity index (χ1) is 7.79. The Labute approximate surface area is 106 Å². The Morgan fingerprint density at radius 1 is 1.50 bits per heavy atom. The van der Waals surface area contributed by atoms with Gasteiger partial charge in [0.2, 0.25) is 0 Å². The van der Waals surface area contributed by atoms with Crippen LogP contribution in [-0.2, 0) is 11.3 Å². The van der Waals surface area contributed by atoms with Crippen molar-refractivity contribution in [2.75, 3.05) is 19.8 Å². The zero-order chi connectivity index (χ0) is 11.4. The Hall–Kier alpha value is -0.220. The molecule has 2 nitrogen and oxygen atoms in total. The second-order valence-corrected chi connectivity index (χ2v) is 5.57. The summed E-state index contributed by atoms with van der Waals surface area (Å²) in [5, 5.41) is 4.72. The SMILES string of the molecule is CCNCc1ccc(SC2COC2)c(Cl)c1. The van der Waals surface area contributed by atoms with Gasteiger partial charge in [0.15, 0.2) is 0 Å². The van der Waals surface area contributed by atoms with E-state index in [1.807, 2.05) is 17.8 Å². The van der Waals surface area contributed by atoms with Gasteiger partial charge in [0.05, 0.1) is 23.5 Å². The molecule has 1 N–H and O–H groups in total. The fraction of sp³-hybridized carbons (Fsp3) is 0.500. The maximum Gasteiger partial charge on any atom is 0.0611 e. The molecule has 88 valence electrons. The first-order valence-corrected chi connectivity index (χ1v) is 6.79. The van der Waals surface area contributed by atoms with Gasteiger partial charge < -0.3 is 10.1 Å². The van der Waals surface area contributed by atoms with Crippen LogP contribution in [0, 0.1) is 0 Å². The van der Waals surface area contributed by atoms with Gasteiger partial charge in [-0.05, 0) is 24.2 Å². The molecule has 0 unspecified atom stereocenters. The van der Waals surface area contributed by atoms with Gasteiger partial charge in [-0.2, -0.15) is 0 Å². The maximum atomic E-state index is 6.24. The zero-order valence-corrected chi connectivity index (χ0v) is 10.9. The summed E-state index contributed by atoms with van der Waals surface area (Å²) < 4.78 is 5.15. The Kier molecular flexibility index (Phi) is 4.53. The molecule has 4 heteroatoms. The van der Waals surface area contributed by atoms with Gasteiger partial charge in [-0.3, -0.25) is 0 Å². The number of benzene rings is 1. The number of ether oxygens (including phenoxy) is 1. The number of nitrogens with one attached hydrogen (secondary N) is 1. The van der Waals surface area contributed by atoms with Crippen molar-refractivity contribution in [1.29, 1.82) is 0 Å². The van der Waals surface area contributed by atoms with Crippen LogP contribution in [0.4, 0.5) is 0 Å². The lowest BCUT2D eigenvalue weighted by atomic mass is 10.2. The molecule has 1 heterocycles. The number of halogens is 1. The largest absolute Gasteiger partial charge is 0.379 e. The van der Waals surface area contributed by atoms with E-state index in [1.165, 1.54) is 5.56 Å². The molecule has 0 amide bonds. The Morgan fingerprint density at radius 3 is 2.88 bits per heavy atom. The smallest absolute Gasteiger partial charge is 0.0611 e. The second-order valence-electron chi connectivity index (χ2n) is 3.82. The summed E-state index contributed by atoms with van der Waals surface area (Å²) in [6.07, 6.45) is 0. The van der Waals surface area contributed by atoms with Gasteiger partial charge in [0, 0.05) is 11.4 Å². The second kappa shape index (κ2) is 5.92. The molecule has 0 spiro atoms. The van der Waals surface area contributed by atoms with Crippen molar-refractivity contribution in [2.24, 2.45) is 0 Å². The lowest BCUT2D eigenvalue weighted by Gasteiger charge is -2.25. The molecule has 0 atom stereocenters. The molecule has 0 aromatic heterocycles. The summed E-state index contributed by atoms with van der Waals surface area (Å²) in [6, 6.07) is 6.29. The molecule has 0 aliphatic carbocycles. The molecule has 1 aliphatic heterocycles. The van der Waals surface area contributed by atoms with Crippen molar-refractivity contribution in [2.45, 2.75) is 23.6 Å². The van der Waals surface area contributed by atoms with Gasteiger partial charge in [-0.1, -0.05) is 24.6 Å². The third kappa shape index (κ3) is 3.14. The van der Waals surface area contributed by atoms with E-state index in [9.17, 15) is 0 Å². The fourth-order valence-electron chi connectivity index (χ4n) is 1.48. The third-order valence-electron chi connectivity index (χ3n) is 2.48. The van der Waals surface area contributed by atoms with E-state index in [1.54, 1.807) is 0 Å². The van der Waals surface area contributed by atoms with Crippen LogP contribution in [0.2, 0.25) is 5.02 Å². The average molecular weight is 258 g/mol. The molecule has 1 aromatic rings. The lowest BCUT2D eigenvalue weighted by Crippen LogP contribution is -2.30. The van der Waals surface area contributed by atoms with E-state index in [0.717, 1.165) is 36.2 Å². The molecule has 16 heavy (non-hydrogen) atoms. The van der Waals surface area contributed by atoms with Crippen molar-refractivity contribution >= 4 is 23.4 Å². The molecular weight excluding hydrogens is 242 g/mol. The van der Waals surface area contributed by atoms with Crippen LogP contribution < -0.4 is 5.32 Å². The monoisotopic (exact) mass is 257 g/mol. The van der Waals surface area contributed by atoms with Crippen LogP contribution in [0.25, 0.3) is 0 Å². The number of hydrogen-bond donors (Lipinski definition) is 1. The van der Waals surface area contributed by atoms with Crippen LogP contribution >= 0.6 is 23.4 Å². The summed E-state index contributed by atoms with van der Waals surface area (Å²) in [6.45, 7) is 5.66. The normalized spacial score (nSPS) is 16.1. The average Bonchev–Trinajstić information content (AvgIpc) is 2.22. The highest BCUT2D eigenvalue weighted by molar-refractivity contribution is 8.00. The van der Waals surface area contributed by atoms with Gasteiger partial charge >= 0.3 is 0 Å². The predicted molar refractivity (Wildman–Crippen MR) is 69.3 cm³/mol.